The first-order chi connectivity index (χ1) is 9.82. The van der Waals surface area contributed by atoms with Crippen LogP contribution in [0.1, 0.15) is 39.2 Å². The van der Waals surface area contributed by atoms with Gasteiger partial charge in [0, 0.05) is 28.8 Å². The van der Waals surface area contributed by atoms with Gasteiger partial charge in [0.25, 0.3) is 0 Å². The van der Waals surface area contributed by atoms with Crippen LogP contribution >= 0.6 is 15.9 Å². The lowest BCUT2D eigenvalue weighted by molar-refractivity contribution is 0.199. The SMILES string of the molecule is CC(C)(C)C1CCN(c2ccc(Br)cc2/C(N)=N/O)CC1. The van der Waals surface area contributed by atoms with Gasteiger partial charge in [-0.15, -0.1) is 0 Å². The average Bonchev–Trinajstić information content (AvgIpc) is 2.45. The van der Waals surface area contributed by atoms with Crippen molar-refractivity contribution in [3.63, 3.8) is 0 Å². The minimum atomic E-state index is 0.157. The molecule has 21 heavy (non-hydrogen) atoms. The van der Waals surface area contributed by atoms with E-state index in [0.717, 1.165) is 34.7 Å². The second-order valence-corrected chi connectivity index (χ2v) is 7.69. The zero-order chi connectivity index (χ0) is 15.6. The summed E-state index contributed by atoms with van der Waals surface area (Å²) in [6, 6.07) is 5.94. The zero-order valence-electron chi connectivity index (χ0n) is 12.9. The number of nitrogens with two attached hydrogens (primary N) is 1. The van der Waals surface area contributed by atoms with Crippen molar-refractivity contribution >= 4 is 27.5 Å². The van der Waals surface area contributed by atoms with Crippen LogP contribution in [0.25, 0.3) is 0 Å². The van der Waals surface area contributed by atoms with Gasteiger partial charge in [-0.1, -0.05) is 41.9 Å². The first-order valence-electron chi connectivity index (χ1n) is 7.35. The third-order valence-electron chi connectivity index (χ3n) is 4.40. The van der Waals surface area contributed by atoms with Gasteiger partial charge in [0.1, 0.15) is 0 Å². The Morgan fingerprint density at radius 2 is 1.95 bits per heavy atom. The van der Waals surface area contributed by atoms with Gasteiger partial charge >= 0.3 is 0 Å². The summed E-state index contributed by atoms with van der Waals surface area (Å²) in [5.74, 6) is 0.903. The van der Waals surface area contributed by atoms with Crippen LogP contribution in [0.15, 0.2) is 27.8 Å². The minimum Gasteiger partial charge on any atom is -0.409 e. The van der Waals surface area contributed by atoms with Crippen LogP contribution in [0.2, 0.25) is 0 Å². The van der Waals surface area contributed by atoms with Crippen molar-refractivity contribution in [1.82, 2.24) is 0 Å². The van der Waals surface area contributed by atoms with E-state index in [4.69, 9.17) is 10.9 Å². The Morgan fingerprint density at radius 3 is 2.48 bits per heavy atom. The summed E-state index contributed by atoms with van der Waals surface area (Å²) in [6.07, 6.45) is 2.35. The molecule has 1 heterocycles. The number of nitrogens with zero attached hydrogens (tertiary/aromatic N) is 2. The molecule has 1 aromatic carbocycles. The summed E-state index contributed by atoms with van der Waals surface area (Å²) in [5.41, 5.74) is 8.00. The van der Waals surface area contributed by atoms with E-state index in [2.05, 4.69) is 46.8 Å². The van der Waals surface area contributed by atoms with Gasteiger partial charge in [-0.2, -0.15) is 0 Å². The normalized spacial score (nSPS) is 18.1. The molecule has 1 aromatic rings. The lowest BCUT2D eigenvalue weighted by Crippen LogP contribution is -2.39. The number of halogens is 1. The molecule has 4 nitrogen and oxygen atoms in total. The highest BCUT2D eigenvalue weighted by Crippen LogP contribution is 2.36. The van der Waals surface area contributed by atoms with E-state index in [9.17, 15) is 0 Å². The lowest BCUT2D eigenvalue weighted by Gasteiger charge is -2.40. The molecule has 0 saturated carbocycles. The van der Waals surface area contributed by atoms with E-state index in [1.165, 1.54) is 12.8 Å². The number of piperidine rings is 1. The molecular formula is C16H24BrN3O. The number of anilines is 1. The number of hydrogen-bond donors (Lipinski definition) is 2. The molecule has 0 aromatic heterocycles. The van der Waals surface area contributed by atoms with Gasteiger partial charge in [-0.25, -0.2) is 0 Å². The predicted molar refractivity (Wildman–Crippen MR) is 91.0 cm³/mol. The van der Waals surface area contributed by atoms with Crippen molar-refractivity contribution in [1.29, 1.82) is 0 Å². The summed E-state index contributed by atoms with van der Waals surface area (Å²) in [5, 5.41) is 12.1. The number of oxime groups is 1. The Hall–Kier alpha value is -1.23. The van der Waals surface area contributed by atoms with Crippen LogP contribution in [-0.2, 0) is 0 Å². The molecule has 0 unspecified atom stereocenters. The van der Waals surface area contributed by atoms with Gasteiger partial charge in [0.15, 0.2) is 5.84 Å². The van der Waals surface area contributed by atoms with Crippen molar-refractivity contribution in [3.05, 3.63) is 28.2 Å². The molecule has 3 N–H and O–H groups in total. The molecule has 0 amide bonds. The maximum Gasteiger partial charge on any atom is 0.172 e. The molecule has 2 rings (SSSR count). The molecule has 5 heteroatoms. The standard InChI is InChI=1S/C16H24BrN3O/c1-16(2,3)11-6-8-20(9-7-11)14-5-4-12(17)10-13(14)15(18)19-21/h4-5,10-11,21H,6-9H2,1-3H3,(H2,18,19). The van der Waals surface area contributed by atoms with E-state index >= 15 is 0 Å². The Kier molecular flexibility index (Phi) is 4.81. The van der Waals surface area contributed by atoms with E-state index < -0.39 is 0 Å². The number of hydrogen-bond acceptors (Lipinski definition) is 3. The van der Waals surface area contributed by atoms with Crippen LogP contribution in [0.4, 0.5) is 5.69 Å². The van der Waals surface area contributed by atoms with Crippen molar-refractivity contribution in [2.45, 2.75) is 33.6 Å². The molecule has 116 valence electrons. The number of amidine groups is 1. The van der Waals surface area contributed by atoms with E-state index in [1.54, 1.807) is 0 Å². The van der Waals surface area contributed by atoms with Gasteiger partial charge in [0.05, 0.1) is 0 Å². The summed E-state index contributed by atoms with van der Waals surface area (Å²) < 4.78 is 0.928. The fourth-order valence-electron chi connectivity index (χ4n) is 3.03. The van der Waals surface area contributed by atoms with Crippen LogP contribution in [0.5, 0.6) is 0 Å². The average molecular weight is 354 g/mol. The zero-order valence-corrected chi connectivity index (χ0v) is 14.5. The molecule has 0 spiro atoms. The van der Waals surface area contributed by atoms with E-state index in [-0.39, 0.29) is 5.84 Å². The molecule has 0 radical (unpaired) electrons. The van der Waals surface area contributed by atoms with Crippen molar-refractivity contribution in [3.8, 4) is 0 Å². The number of benzene rings is 1. The second kappa shape index (κ2) is 6.26. The molecule has 0 atom stereocenters. The maximum absolute atomic E-state index is 8.98. The summed E-state index contributed by atoms with van der Waals surface area (Å²) in [6.45, 7) is 8.96. The fraction of sp³-hybridized carbons (Fsp3) is 0.562. The highest BCUT2D eigenvalue weighted by atomic mass is 79.9. The minimum absolute atomic E-state index is 0.157. The quantitative estimate of drug-likeness (QED) is 0.367. The predicted octanol–water partition coefficient (Wildman–Crippen LogP) is 3.81. The molecule has 1 aliphatic rings. The van der Waals surface area contributed by atoms with Crippen LogP contribution < -0.4 is 10.6 Å². The molecule has 1 aliphatic heterocycles. The highest BCUT2D eigenvalue weighted by molar-refractivity contribution is 9.10. The number of rotatable bonds is 2. The summed E-state index contributed by atoms with van der Waals surface area (Å²) >= 11 is 3.44. The molecule has 1 fully saturated rings. The topological polar surface area (TPSA) is 61.8 Å². The van der Waals surface area contributed by atoms with Crippen LogP contribution in [-0.4, -0.2) is 24.1 Å². The molecule has 0 aliphatic carbocycles. The third kappa shape index (κ3) is 3.70. The summed E-state index contributed by atoms with van der Waals surface area (Å²) in [4.78, 5) is 2.34. The summed E-state index contributed by atoms with van der Waals surface area (Å²) in [7, 11) is 0. The Balaban J connectivity index is 2.21. The van der Waals surface area contributed by atoms with Gasteiger partial charge < -0.3 is 15.8 Å². The van der Waals surface area contributed by atoms with Gasteiger partial charge in [-0.05, 0) is 42.4 Å². The Labute approximate surface area is 135 Å². The van der Waals surface area contributed by atoms with Crippen molar-refractivity contribution in [2.24, 2.45) is 22.2 Å². The van der Waals surface area contributed by atoms with E-state index in [1.807, 2.05) is 18.2 Å². The first-order valence-corrected chi connectivity index (χ1v) is 8.14. The monoisotopic (exact) mass is 353 g/mol. The smallest absolute Gasteiger partial charge is 0.172 e. The van der Waals surface area contributed by atoms with Crippen molar-refractivity contribution in [2.75, 3.05) is 18.0 Å². The maximum atomic E-state index is 8.98. The third-order valence-corrected chi connectivity index (χ3v) is 4.90. The molecule has 0 bridgehead atoms. The Bertz CT molecular complexity index is 529. The molecule has 1 saturated heterocycles. The van der Waals surface area contributed by atoms with Crippen LogP contribution in [0, 0.1) is 11.3 Å². The largest absolute Gasteiger partial charge is 0.409 e. The van der Waals surface area contributed by atoms with Crippen LogP contribution in [0.3, 0.4) is 0 Å². The van der Waals surface area contributed by atoms with Crippen molar-refractivity contribution < 1.29 is 5.21 Å². The first kappa shape index (κ1) is 16.1. The van der Waals surface area contributed by atoms with Gasteiger partial charge in [0.2, 0.25) is 0 Å². The second-order valence-electron chi connectivity index (χ2n) is 6.77. The lowest BCUT2D eigenvalue weighted by atomic mass is 9.75. The van der Waals surface area contributed by atoms with Gasteiger partial charge in [-0.3, -0.25) is 0 Å². The highest BCUT2D eigenvalue weighted by Gasteiger charge is 2.29. The Morgan fingerprint density at radius 1 is 1.33 bits per heavy atom. The van der Waals surface area contributed by atoms with E-state index in [0.29, 0.717) is 5.41 Å². The fourth-order valence-corrected chi connectivity index (χ4v) is 3.39. The molecular weight excluding hydrogens is 330 g/mol.